The van der Waals surface area contributed by atoms with Gasteiger partial charge in [0.1, 0.15) is 11.3 Å². The van der Waals surface area contributed by atoms with E-state index in [1.54, 1.807) is 24.5 Å². The number of rotatable bonds is 3. The molecule has 2 N–H and O–H groups in total. The van der Waals surface area contributed by atoms with Crippen molar-refractivity contribution in [1.82, 2.24) is 0 Å². The number of fused-ring (bicyclic) bond motifs is 2. The average Bonchev–Trinajstić information content (AvgIpc) is 2.96. The van der Waals surface area contributed by atoms with Gasteiger partial charge < -0.3 is 19.8 Å². The molecule has 2 heterocycles. The molecule has 6 nitrogen and oxygen atoms in total. The number of benzene rings is 2. The van der Waals surface area contributed by atoms with Crippen LogP contribution in [0.2, 0.25) is 0 Å². The van der Waals surface area contributed by atoms with E-state index in [9.17, 15) is 9.59 Å². The highest BCUT2D eigenvalue weighted by Crippen LogP contribution is 2.30. The SMILES string of the molecule is Cc1ccc2c(CC(=O)Nc3ccc4c(c3)NC(=O)CO4)coc2c1. The highest BCUT2D eigenvalue weighted by atomic mass is 16.5. The van der Waals surface area contributed by atoms with Gasteiger partial charge in [0.05, 0.1) is 18.4 Å². The lowest BCUT2D eigenvalue weighted by Crippen LogP contribution is -2.25. The van der Waals surface area contributed by atoms with Crippen molar-refractivity contribution in [2.45, 2.75) is 13.3 Å². The molecule has 1 aromatic heterocycles. The van der Waals surface area contributed by atoms with Gasteiger partial charge in [-0.05, 0) is 36.8 Å². The van der Waals surface area contributed by atoms with Crippen molar-refractivity contribution in [2.24, 2.45) is 0 Å². The highest BCUT2D eigenvalue weighted by Gasteiger charge is 2.17. The molecule has 0 radical (unpaired) electrons. The summed E-state index contributed by atoms with van der Waals surface area (Å²) in [5, 5.41) is 6.49. The maximum Gasteiger partial charge on any atom is 0.262 e. The molecular weight excluding hydrogens is 320 g/mol. The number of ether oxygens (including phenoxy) is 1. The van der Waals surface area contributed by atoms with Crippen molar-refractivity contribution in [2.75, 3.05) is 17.2 Å². The topological polar surface area (TPSA) is 80.6 Å². The molecule has 0 fully saturated rings. The minimum atomic E-state index is -0.212. The van der Waals surface area contributed by atoms with Gasteiger partial charge in [-0.1, -0.05) is 12.1 Å². The highest BCUT2D eigenvalue weighted by molar-refractivity contribution is 5.98. The van der Waals surface area contributed by atoms with Gasteiger partial charge in [0.2, 0.25) is 5.91 Å². The molecule has 0 saturated carbocycles. The first-order valence-corrected chi connectivity index (χ1v) is 7.92. The summed E-state index contributed by atoms with van der Waals surface area (Å²) in [6, 6.07) is 11.0. The number of furan rings is 1. The Kier molecular flexibility index (Phi) is 3.65. The molecule has 0 aliphatic carbocycles. The first-order chi connectivity index (χ1) is 12.1. The molecule has 2 aromatic carbocycles. The molecule has 25 heavy (non-hydrogen) atoms. The minimum absolute atomic E-state index is 0.00570. The third-order valence-electron chi connectivity index (χ3n) is 4.06. The second-order valence-corrected chi connectivity index (χ2v) is 6.03. The van der Waals surface area contributed by atoms with Crippen LogP contribution in [-0.4, -0.2) is 18.4 Å². The summed E-state index contributed by atoms with van der Waals surface area (Å²) in [5.74, 6) is 0.219. The van der Waals surface area contributed by atoms with Gasteiger partial charge in [-0.3, -0.25) is 9.59 Å². The van der Waals surface area contributed by atoms with Gasteiger partial charge in [0.15, 0.2) is 6.61 Å². The number of carbonyl (C=O) groups excluding carboxylic acids is 2. The summed E-state index contributed by atoms with van der Waals surface area (Å²) in [4.78, 5) is 23.7. The molecular formula is C19H16N2O4. The van der Waals surface area contributed by atoms with Crippen LogP contribution >= 0.6 is 0 Å². The standard InChI is InChI=1S/C19H16N2O4/c1-11-2-4-14-12(9-24-17(14)6-11)7-18(22)20-13-3-5-16-15(8-13)21-19(23)10-25-16/h2-6,8-9H,7,10H2,1H3,(H,20,22)(H,21,23). The maximum atomic E-state index is 12.4. The molecule has 0 spiro atoms. The van der Waals surface area contributed by atoms with Crippen molar-refractivity contribution in [3.05, 3.63) is 53.8 Å². The third-order valence-corrected chi connectivity index (χ3v) is 4.06. The number of nitrogens with one attached hydrogen (secondary N) is 2. The maximum absolute atomic E-state index is 12.4. The Morgan fingerprint density at radius 2 is 2.12 bits per heavy atom. The number of carbonyl (C=O) groups is 2. The zero-order valence-electron chi connectivity index (χ0n) is 13.6. The van der Waals surface area contributed by atoms with Crippen LogP contribution in [0, 0.1) is 6.92 Å². The zero-order valence-corrected chi connectivity index (χ0v) is 13.6. The summed E-state index contributed by atoms with van der Waals surface area (Å²) in [6.45, 7) is 2.00. The normalized spacial score (nSPS) is 13.1. The molecule has 0 saturated heterocycles. The van der Waals surface area contributed by atoms with Gasteiger partial charge in [0, 0.05) is 16.6 Å². The fourth-order valence-electron chi connectivity index (χ4n) is 2.87. The van der Waals surface area contributed by atoms with E-state index in [0.717, 1.165) is 22.1 Å². The molecule has 3 aromatic rings. The molecule has 6 heteroatoms. The summed E-state index contributed by atoms with van der Waals surface area (Å²) < 4.78 is 10.8. The summed E-state index contributed by atoms with van der Waals surface area (Å²) in [5.41, 5.74) is 3.87. The fraction of sp³-hybridized carbons (Fsp3) is 0.158. The molecule has 1 aliphatic heterocycles. The van der Waals surface area contributed by atoms with E-state index < -0.39 is 0 Å². The largest absolute Gasteiger partial charge is 0.482 e. The predicted molar refractivity (Wildman–Crippen MR) is 93.9 cm³/mol. The zero-order chi connectivity index (χ0) is 17.4. The van der Waals surface area contributed by atoms with E-state index in [1.807, 2.05) is 25.1 Å². The van der Waals surface area contributed by atoms with Crippen LogP contribution in [0.15, 0.2) is 47.1 Å². The molecule has 0 bridgehead atoms. The van der Waals surface area contributed by atoms with E-state index in [-0.39, 0.29) is 24.8 Å². The second-order valence-electron chi connectivity index (χ2n) is 6.03. The smallest absolute Gasteiger partial charge is 0.262 e. The Morgan fingerprint density at radius 3 is 3.00 bits per heavy atom. The number of aryl methyl sites for hydroxylation is 1. The molecule has 2 amide bonds. The minimum Gasteiger partial charge on any atom is -0.482 e. The monoisotopic (exact) mass is 336 g/mol. The summed E-state index contributed by atoms with van der Waals surface area (Å²) in [7, 11) is 0. The molecule has 0 unspecified atom stereocenters. The van der Waals surface area contributed by atoms with Crippen LogP contribution in [0.4, 0.5) is 11.4 Å². The van der Waals surface area contributed by atoms with E-state index in [2.05, 4.69) is 10.6 Å². The van der Waals surface area contributed by atoms with Crippen molar-refractivity contribution in [3.8, 4) is 5.75 Å². The Hall–Kier alpha value is -3.28. The van der Waals surface area contributed by atoms with Gasteiger partial charge in [-0.25, -0.2) is 0 Å². The van der Waals surface area contributed by atoms with E-state index in [1.165, 1.54) is 0 Å². The number of hydrogen-bond donors (Lipinski definition) is 2. The van der Waals surface area contributed by atoms with Crippen LogP contribution in [0.25, 0.3) is 11.0 Å². The van der Waals surface area contributed by atoms with Gasteiger partial charge in [-0.15, -0.1) is 0 Å². The molecule has 0 atom stereocenters. The first-order valence-electron chi connectivity index (χ1n) is 7.92. The molecule has 1 aliphatic rings. The Bertz CT molecular complexity index is 990. The third kappa shape index (κ3) is 3.06. The van der Waals surface area contributed by atoms with Gasteiger partial charge >= 0.3 is 0 Å². The summed E-state index contributed by atoms with van der Waals surface area (Å²) >= 11 is 0. The van der Waals surface area contributed by atoms with Crippen molar-refractivity contribution >= 4 is 34.2 Å². The van der Waals surface area contributed by atoms with Gasteiger partial charge in [-0.2, -0.15) is 0 Å². The molecule has 126 valence electrons. The van der Waals surface area contributed by atoms with Gasteiger partial charge in [0.25, 0.3) is 5.91 Å². The fourth-order valence-corrected chi connectivity index (χ4v) is 2.87. The van der Waals surface area contributed by atoms with Crippen LogP contribution in [-0.2, 0) is 16.0 Å². The lowest BCUT2D eigenvalue weighted by molar-refractivity contribution is -0.118. The lowest BCUT2D eigenvalue weighted by atomic mass is 10.1. The van der Waals surface area contributed by atoms with E-state index in [4.69, 9.17) is 9.15 Å². The Morgan fingerprint density at radius 1 is 1.24 bits per heavy atom. The Balaban J connectivity index is 1.50. The lowest BCUT2D eigenvalue weighted by Gasteiger charge is -2.18. The molecule has 4 rings (SSSR count). The van der Waals surface area contributed by atoms with Crippen molar-refractivity contribution < 1.29 is 18.7 Å². The van der Waals surface area contributed by atoms with Crippen LogP contribution in [0.3, 0.4) is 0 Å². The second kappa shape index (κ2) is 5.98. The van der Waals surface area contributed by atoms with Crippen LogP contribution in [0.1, 0.15) is 11.1 Å². The first kappa shape index (κ1) is 15.3. The van der Waals surface area contributed by atoms with Crippen molar-refractivity contribution in [1.29, 1.82) is 0 Å². The predicted octanol–water partition coefficient (Wildman–Crippen LogP) is 3.25. The average molecular weight is 336 g/mol. The van der Waals surface area contributed by atoms with Crippen molar-refractivity contribution in [3.63, 3.8) is 0 Å². The summed E-state index contributed by atoms with van der Waals surface area (Å²) in [6.07, 6.45) is 1.82. The van der Waals surface area contributed by atoms with Crippen LogP contribution in [0.5, 0.6) is 5.75 Å². The quantitative estimate of drug-likeness (QED) is 0.769. The van der Waals surface area contributed by atoms with E-state index in [0.29, 0.717) is 17.1 Å². The Labute approximate surface area is 143 Å². The number of anilines is 2. The van der Waals surface area contributed by atoms with E-state index >= 15 is 0 Å². The number of amides is 2. The number of hydrogen-bond acceptors (Lipinski definition) is 4. The van der Waals surface area contributed by atoms with Crippen LogP contribution < -0.4 is 15.4 Å².